The van der Waals surface area contributed by atoms with Crippen LogP contribution in [0.5, 0.6) is 11.5 Å². The Hall–Kier alpha value is -3.09. The second-order valence-electron chi connectivity index (χ2n) is 6.84. The quantitative estimate of drug-likeness (QED) is 0.696. The topological polar surface area (TPSA) is 65.1 Å². The highest BCUT2D eigenvalue weighted by atomic mass is 19.1. The molecule has 1 atom stereocenters. The highest BCUT2D eigenvalue weighted by Crippen LogP contribution is 2.39. The monoisotopic (exact) mass is 401 g/mol. The Labute approximate surface area is 169 Å². The number of nitrogens with zero attached hydrogens (tertiary/aromatic N) is 1. The molecule has 0 unspecified atom stereocenters. The van der Waals surface area contributed by atoms with Crippen molar-refractivity contribution in [1.29, 1.82) is 0 Å². The van der Waals surface area contributed by atoms with Crippen LogP contribution in [0.1, 0.15) is 29.2 Å². The highest BCUT2D eigenvalue weighted by Gasteiger charge is 2.33. The van der Waals surface area contributed by atoms with E-state index in [-0.39, 0.29) is 24.6 Å². The Morgan fingerprint density at radius 2 is 1.72 bits per heavy atom. The van der Waals surface area contributed by atoms with Gasteiger partial charge in [-0.3, -0.25) is 9.59 Å². The van der Waals surface area contributed by atoms with Crippen molar-refractivity contribution in [3.05, 3.63) is 58.9 Å². The molecule has 0 saturated heterocycles. The lowest BCUT2D eigenvalue weighted by Gasteiger charge is -2.37. The van der Waals surface area contributed by atoms with E-state index in [1.54, 1.807) is 31.3 Å². The summed E-state index contributed by atoms with van der Waals surface area (Å²) in [5, 5.41) is 0. The van der Waals surface area contributed by atoms with E-state index in [9.17, 15) is 14.0 Å². The van der Waals surface area contributed by atoms with E-state index in [1.807, 2.05) is 12.1 Å². The number of esters is 1. The summed E-state index contributed by atoms with van der Waals surface area (Å²) < 4.78 is 28.8. The van der Waals surface area contributed by atoms with Crippen molar-refractivity contribution in [2.24, 2.45) is 0 Å². The Balaban J connectivity index is 1.93. The first-order chi connectivity index (χ1) is 14.0. The van der Waals surface area contributed by atoms with Gasteiger partial charge in [0, 0.05) is 6.54 Å². The van der Waals surface area contributed by atoms with Crippen molar-refractivity contribution >= 4 is 11.9 Å². The maximum absolute atomic E-state index is 13.2. The molecule has 0 aliphatic carbocycles. The van der Waals surface area contributed by atoms with Crippen LogP contribution in [0.2, 0.25) is 0 Å². The molecule has 0 fully saturated rings. The summed E-state index contributed by atoms with van der Waals surface area (Å²) in [4.78, 5) is 26.8. The molecular formula is C22H24FNO5. The third-order valence-electron chi connectivity index (χ3n) is 5.18. The molecule has 1 heterocycles. The summed E-state index contributed by atoms with van der Waals surface area (Å²) in [6.45, 7) is 0.462. The number of hydrogen-bond donors (Lipinski definition) is 0. The number of amides is 1. The standard InChI is InChI=1S/C22H24FNO5/c1-27-19-11-15-8-9-24(21(25)10-14-4-6-16(23)7-5-14)18(13-22(26)29-3)17(15)12-20(19)28-2/h4-7,11-12,18H,8-10,13H2,1-3H3/t18-/m1/s1. The lowest BCUT2D eigenvalue weighted by molar-refractivity contribution is -0.144. The zero-order chi connectivity index (χ0) is 21.0. The first-order valence-electron chi connectivity index (χ1n) is 9.32. The van der Waals surface area contributed by atoms with Crippen LogP contribution in [0, 0.1) is 5.82 Å². The van der Waals surface area contributed by atoms with E-state index in [1.165, 1.54) is 19.2 Å². The molecule has 2 aromatic carbocycles. The van der Waals surface area contributed by atoms with Gasteiger partial charge in [0.1, 0.15) is 5.82 Å². The summed E-state index contributed by atoms with van der Waals surface area (Å²) in [5.41, 5.74) is 2.56. The normalized spacial score (nSPS) is 15.4. The predicted octanol–water partition coefficient (Wildman–Crippen LogP) is 3.07. The molecule has 0 radical (unpaired) electrons. The number of methoxy groups -OCH3 is 3. The molecule has 0 bridgehead atoms. The van der Waals surface area contributed by atoms with Gasteiger partial charge in [0.15, 0.2) is 11.5 Å². The molecule has 3 rings (SSSR count). The second-order valence-corrected chi connectivity index (χ2v) is 6.84. The molecule has 0 aromatic heterocycles. The molecule has 0 saturated carbocycles. The van der Waals surface area contributed by atoms with Gasteiger partial charge in [-0.2, -0.15) is 0 Å². The van der Waals surface area contributed by atoms with Crippen LogP contribution in [0.3, 0.4) is 0 Å². The summed E-state index contributed by atoms with van der Waals surface area (Å²) in [5.74, 6) is 0.254. The first kappa shape index (κ1) is 20.6. The van der Waals surface area contributed by atoms with Crippen molar-refractivity contribution in [2.75, 3.05) is 27.9 Å². The van der Waals surface area contributed by atoms with Crippen LogP contribution in [-0.2, 0) is 27.2 Å². The zero-order valence-electron chi connectivity index (χ0n) is 16.7. The summed E-state index contributed by atoms with van der Waals surface area (Å²) in [7, 11) is 4.43. The van der Waals surface area contributed by atoms with Gasteiger partial charge in [0.25, 0.3) is 0 Å². The molecule has 0 N–H and O–H groups in total. The second kappa shape index (κ2) is 8.94. The van der Waals surface area contributed by atoms with E-state index in [0.717, 1.165) is 11.1 Å². The Kier molecular flexibility index (Phi) is 6.36. The summed E-state index contributed by atoms with van der Waals surface area (Å²) in [6, 6.07) is 9.08. The van der Waals surface area contributed by atoms with E-state index >= 15 is 0 Å². The minimum absolute atomic E-state index is 0.0359. The number of hydrogen-bond acceptors (Lipinski definition) is 5. The molecule has 1 amide bonds. The molecular weight excluding hydrogens is 377 g/mol. The predicted molar refractivity (Wildman–Crippen MR) is 104 cm³/mol. The number of ether oxygens (including phenoxy) is 3. The third kappa shape index (κ3) is 4.50. The fourth-order valence-corrected chi connectivity index (χ4v) is 3.67. The number of rotatable bonds is 6. The van der Waals surface area contributed by atoms with Gasteiger partial charge in [0.2, 0.25) is 5.91 Å². The summed E-state index contributed by atoms with van der Waals surface area (Å²) >= 11 is 0. The molecule has 154 valence electrons. The number of benzene rings is 2. The maximum Gasteiger partial charge on any atom is 0.307 e. The molecule has 29 heavy (non-hydrogen) atoms. The lowest BCUT2D eigenvalue weighted by atomic mass is 9.89. The highest BCUT2D eigenvalue weighted by molar-refractivity contribution is 5.81. The van der Waals surface area contributed by atoms with Crippen molar-refractivity contribution < 1.29 is 28.2 Å². The van der Waals surface area contributed by atoms with E-state index in [2.05, 4.69) is 0 Å². The van der Waals surface area contributed by atoms with Gasteiger partial charge in [-0.15, -0.1) is 0 Å². The van der Waals surface area contributed by atoms with Crippen molar-refractivity contribution in [3.8, 4) is 11.5 Å². The summed E-state index contributed by atoms with van der Waals surface area (Å²) in [6.07, 6.45) is 0.789. The van der Waals surface area contributed by atoms with Crippen LogP contribution in [0.15, 0.2) is 36.4 Å². The molecule has 6 nitrogen and oxygen atoms in total. The smallest absolute Gasteiger partial charge is 0.307 e. The SMILES string of the molecule is COC(=O)C[C@@H]1c2cc(OC)c(OC)cc2CCN1C(=O)Cc1ccc(F)cc1. The number of carbonyl (C=O) groups excluding carboxylic acids is 2. The van der Waals surface area contributed by atoms with Gasteiger partial charge in [-0.1, -0.05) is 12.1 Å². The fourth-order valence-electron chi connectivity index (χ4n) is 3.67. The maximum atomic E-state index is 13.2. The molecule has 1 aliphatic rings. The first-order valence-corrected chi connectivity index (χ1v) is 9.32. The van der Waals surface area contributed by atoms with Gasteiger partial charge >= 0.3 is 5.97 Å². The fraction of sp³-hybridized carbons (Fsp3) is 0.364. The van der Waals surface area contributed by atoms with Crippen molar-refractivity contribution in [3.63, 3.8) is 0 Å². The van der Waals surface area contributed by atoms with Crippen molar-refractivity contribution in [2.45, 2.75) is 25.3 Å². The van der Waals surface area contributed by atoms with Crippen molar-refractivity contribution in [1.82, 2.24) is 4.90 Å². The van der Waals surface area contributed by atoms with Crippen LogP contribution >= 0.6 is 0 Å². The Morgan fingerprint density at radius 3 is 2.34 bits per heavy atom. The molecule has 7 heteroatoms. The largest absolute Gasteiger partial charge is 0.493 e. The number of carbonyl (C=O) groups is 2. The molecule has 1 aliphatic heterocycles. The molecule has 0 spiro atoms. The van der Waals surface area contributed by atoms with Crippen LogP contribution in [0.25, 0.3) is 0 Å². The minimum atomic E-state index is -0.473. The number of fused-ring (bicyclic) bond motifs is 1. The van der Waals surface area contributed by atoms with Gasteiger partial charge in [-0.25, -0.2) is 4.39 Å². The lowest BCUT2D eigenvalue weighted by Crippen LogP contribution is -2.42. The van der Waals surface area contributed by atoms with Crippen LogP contribution in [0.4, 0.5) is 4.39 Å². The van der Waals surface area contributed by atoms with Gasteiger partial charge in [-0.05, 0) is 47.4 Å². The Morgan fingerprint density at radius 1 is 1.07 bits per heavy atom. The third-order valence-corrected chi connectivity index (χ3v) is 5.18. The van der Waals surface area contributed by atoms with E-state index in [4.69, 9.17) is 14.2 Å². The number of halogens is 1. The Bertz CT molecular complexity index is 897. The molecule has 2 aromatic rings. The van der Waals surface area contributed by atoms with E-state index in [0.29, 0.717) is 30.0 Å². The van der Waals surface area contributed by atoms with E-state index < -0.39 is 12.0 Å². The average molecular weight is 401 g/mol. The van der Waals surface area contributed by atoms with Crippen LogP contribution < -0.4 is 9.47 Å². The van der Waals surface area contributed by atoms with Gasteiger partial charge in [0.05, 0.1) is 40.2 Å². The zero-order valence-corrected chi connectivity index (χ0v) is 16.7. The van der Waals surface area contributed by atoms with Crippen LogP contribution in [-0.4, -0.2) is 44.7 Å². The van der Waals surface area contributed by atoms with Gasteiger partial charge < -0.3 is 19.1 Å². The minimum Gasteiger partial charge on any atom is -0.493 e. The average Bonchev–Trinajstić information content (AvgIpc) is 2.74.